The number of aryl methyl sites for hydroxylation is 1. The largest absolute Gasteiger partial charge is 0.434 e. The van der Waals surface area contributed by atoms with E-state index in [-0.39, 0.29) is 18.9 Å². The maximum absolute atomic E-state index is 13.2. The molecular formula is C27H28BrClN4O5. The van der Waals surface area contributed by atoms with Crippen LogP contribution in [0, 0.1) is 5.92 Å². The van der Waals surface area contributed by atoms with Gasteiger partial charge in [-0.3, -0.25) is 14.5 Å². The molecule has 0 aromatic heterocycles. The van der Waals surface area contributed by atoms with Gasteiger partial charge >= 0.3 is 12.1 Å². The Morgan fingerprint density at radius 1 is 1.00 bits per heavy atom. The van der Waals surface area contributed by atoms with E-state index in [0.29, 0.717) is 29.6 Å². The Labute approximate surface area is 234 Å². The summed E-state index contributed by atoms with van der Waals surface area (Å²) in [5, 5.41) is 4.30. The number of hydrogen-bond donors (Lipinski definition) is 1. The van der Waals surface area contributed by atoms with Crippen LogP contribution in [0.25, 0.3) is 0 Å². The fraction of sp³-hybridized carbons (Fsp3) is 0.407. The molecule has 0 spiro atoms. The molecule has 2 aromatic carbocycles. The molecule has 3 aliphatic heterocycles. The molecule has 0 radical (unpaired) electrons. The van der Waals surface area contributed by atoms with E-state index >= 15 is 0 Å². The Morgan fingerprint density at radius 3 is 2.37 bits per heavy atom. The van der Waals surface area contributed by atoms with E-state index in [1.165, 1.54) is 15.4 Å². The van der Waals surface area contributed by atoms with Crippen LogP contribution in [0.3, 0.4) is 0 Å². The van der Waals surface area contributed by atoms with Crippen LogP contribution in [-0.2, 0) is 16.1 Å². The van der Waals surface area contributed by atoms with Crippen molar-refractivity contribution in [3.05, 3.63) is 69.2 Å². The minimum atomic E-state index is -0.910. The molecule has 0 aliphatic carbocycles. The summed E-state index contributed by atoms with van der Waals surface area (Å²) in [4.78, 5) is 60.3. The van der Waals surface area contributed by atoms with Gasteiger partial charge in [0.1, 0.15) is 12.1 Å². The number of rotatable bonds is 6. The number of Topliss-reactive ketones (excluding diaryl/α,β-unsaturated/α-hetero) is 1. The predicted octanol–water partition coefficient (Wildman–Crippen LogP) is 4.29. The third kappa shape index (κ3) is 5.57. The van der Waals surface area contributed by atoms with E-state index in [4.69, 9.17) is 16.4 Å². The number of hydrogen-bond acceptors (Lipinski definition) is 6. The summed E-state index contributed by atoms with van der Waals surface area (Å²) < 4.78 is 0.824. The monoisotopic (exact) mass is 602 g/mol. The number of urea groups is 1. The van der Waals surface area contributed by atoms with Gasteiger partial charge in [-0.25, -0.2) is 9.59 Å². The third-order valence-corrected chi connectivity index (χ3v) is 8.24. The van der Waals surface area contributed by atoms with Gasteiger partial charge in [0.15, 0.2) is 5.78 Å². The number of imide groups is 1. The van der Waals surface area contributed by atoms with Crippen molar-refractivity contribution >= 4 is 51.3 Å². The van der Waals surface area contributed by atoms with Crippen molar-refractivity contribution < 1.29 is 24.0 Å². The van der Waals surface area contributed by atoms with Gasteiger partial charge in [-0.05, 0) is 61.4 Å². The number of nitrogens with one attached hydrogen (secondary N) is 1. The number of fused-ring (bicyclic) bond motifs is 1. The average Bonchev–Trinajstić information content (AvgIpc) is 3.18. The maximum Gasteiger partial charge on any atom is 0.434 e. The van der Waals surface area contributed by atoms with E-state index in [1.807, 2.05) is 24.3 Å². The Hall–Kier alpha value is -2.95. The molecule has 3 fully saturated rings. The summed E-state index contributed by atoms with van der Waals surface area (Å²) in [5.41, 5.74) is 1.65. The molecule has 2 unspecified atom stereocenters. The molecule has 0 bridgehead atoms. The van der Waals surface area contributed by atoms with Gasteiger partial charge < -0.3 is 15.1 Å². The number of piperazine rings is 1. The smallest absolute Gasteiger partial charge is 0.312 e. The van der Waals surface area contributed by atoms with E-state index in [9.17, 15) is 19.2 Å². The quantitative estimate of drug-likeness (QED) is 0.391. The molecule has 2 aromatic rings. The molecule has 200 valence electrons. The molecule has 4 amide bonds. The third-order valence-electron chi connectivity index (χ3n) is 7.45. The standard InChI is InChI=1S/C27H28BrClN4O5/c28-20-7-5-19(6-8-20)24(34)22-15-30-16-23-25(35)33(26(36)32(22)23)38-27(37)31-13-11-18(12-14-31)2-1-17-3-9-21(29)10-4-17/h3-10,18,22-23,30H,1-2,11-16H2. The van der Waals surface area contributed by atoms with Gasteiger partial charge in [0, 0.05) is 41.2 Å². The number of carbonyl (C=O) groups excluding carboxylic acids is 4. The molecule has 3 aliphatic rings. The van der Waals surface area contributed by atoms with Crippen molar-refractivity contribution in [3.8, 4) is 0 Å². The number of likely N-dealkylation sites (tertiary alicyclic amines) is 1. The highest BCUT2D eigenvalue weighted by atomic mass is 79.9. The molecule has 3 heterocycles. The average molecular weight is 604 g/mol. The van der Waals surface area contributed by atoms with E-state index < -0.39 is 30.1 Å². The van der Waals surface area contributed by atoms with Crippen LogP contribution >= 0.6 is 27.5 Å². The number of piperidine rings is 1. The van der Waals surface area contributed by atoms with Crippen LogP contribution < -0.4 is 5.32 Å². The van der Waals surface area contributed by atoms with E-state index in [2.05, 4.69) is 21.2 Å². The van der Waals surface area contributed by atoms with Crippen LogP contribution in [0.1, 0.15) is 35.2 Å². The molecule has 0 saturated carbocycles. The fourth-order valence-corrected chi connectivity index (χ4v) is 5.64. The van der Waals surface area contributed by atoms with Crippen molar-refractivity contribution in [2.45, 2.75) is 37.8 Å². The SMILES string of the molecule is O=C(c1ccc(Br)cc1)C1CNCC2C(=O)N(OC(=O)N3CCC(CCc4ccc(Cl)cc4)CC3)C(=O)N12. The first-order valence-corrected chi connectivity index (χ1v) is 13.9. The Bertz CT molecular complexity index is 1220. The zero-order valence-corrected chi connectivity index (χ0v) is 23.0. The molecule has 3 saturated heterocycles. The normalized spacial score (nSPS) is 22.0. The van der Waals surface area contributed by atoms with Gasteiger partial charge in [0.25, 0.3) is 5.91 Å². The first kappa shape index (κ1) is 26.6. The lowest BCUT2D eigenvalue weighted by Crippen LogP contribution is -2.60. The van der Waals surface area contributed by atoms with Crippen molar-refractivity contribution in [2.75, 3.05) is 26.2 Å². The lowest BCUT2D eigenvalue weighted by Gasteiger charge is -2.34. The number of hydroxylamine groups is 2. The van der Waals surface area contributed by atoms with Crippen molar-refractivity contribution in [1.29, 1.82) is 0 Å². The minimum absolute atomic E-state index is 0.182. The molecule has 5 rings (SSSR count). The Morgan fingerprint density at radius 2 is 1.68 bits per heavy atom. The Balaban J connectivity index is 1.17. The van der Waals surface area contributed by atoms with Gasteiger partial charge in [0.05, 0.1) is 0 Å². The number of halogens is 2. The van der Waals surface area contributed by atoms with Crippen LogP contribution in [0.5, 0.6) is 0 Å². The summed E-state index contributed by atoms with van der Waals surface area (Å²) in [5.74, 6) is -0.470. The lowest BCUT2D eigenvalue weighted by atomic mass is 9.91. The summed E-state index contributed by atoms with van der Waals surface area (Å²) in [6, 6.07) is 12.1. The molecule has 38 heavy (non-hydrogen) atoms. The highest BCUT2D eigenvalue weighted by molar-refractivity contribution is 9.10. The highest BCUT2D eigenvalue weighted by Gasteiger charge is 2.54. The van der Waals surface area contributed by atoms with E-state index in [1.54, 1.807) is 24.3 Å². The van der Waals surface area contributed by atoms with Gasteiger partial charge in [0.2, 0.25) is 0 Å². The van der Waals surface area contributed by atoms with Crippen molar-refractivity contribution in [1.82, 2.24) is 20.2 Å². The van der Waals surface area contributed by atoms with Gasteiger partial charge in [-0.2, -0.15) is 0 Å². The van der Waals surface area contributed by atoms with Crippen LogP contribution in [0.4, 0.5) is 9.59 Å². The summed E-state index contributed by atoms with van der Waals surface area (Å²) in [6.07, 6.45) is 2.84. The number of nitrogens with zero attached hydrogens (tertiary/aromatic N) is 3. The molecule has 9 nitrogen and oxygen atoms in total. The Kier molecular flexibility index (Phi) is 8.01. The predicted molar refractivity (Wildman–Crippen MR) is 144 cm³/mol. The lowest BCUT2D eigenvalue weighted by molar-refractivity contribution is -0.152. The van der Waals surface area contributed by atoms with Crippen LogP contribution in [0.15, 0.2) is 53.0 Å². The topological polar surface area (TPSA) is 99.3 Å². The fourth-order valence-electron chi connectivity index (χ4n) is 5.25. The van der Waals surface area contributed by atoms with Gasteiger partial charge in [-0.1, -0.05) is 56.9 Å². The van der Waals surface area contributed by atoms with Crippen molar-refractivity contribution in [3.63, 3.8) is 0 Å². The molecular weight excluding hydrogens is 576 g/mol. The molecule has 11 heteroatoms. The second-order valence-electron chi connectivity index (χ2n) is 9.84. The number of amides is 4. The highest BCUT2D eigenvalue weighted by Crippen LogP contribution is 2.28. The van der Waals surface area contributed by atoms with E-state index in [0.717, 1.165) is 35.2 Å². The van der Waals surface area contributed by atoms with Crippen LogP contribution in [-0.4, -0.2) is 76.9 Å². The zero-order valence-electron chi connectivity index (χ0n) is 20.6. The maximum atomic E-state index is 13.2. The van der Waals surface area contributed by atoms with Crippen molar-refractivity contribution in [2.24, 2.45) is 5.92 Å². The first-order valence-electron chi connectivity index (χ1n) is 12.7. The second kappa shape index (κ2) is 11.4. The number of ketones is 1. The molecule has 1 N–H and O–H groups in total. The first-order chi connectivity index (χ1) is 18.3. The number of benzene rings is 2. The summed E-state index contributed by atoms with van der Waals surface area (Å²) >= 11 is 9.30. The van der Waals surface area contributed by atoms with Gasteiger partial charge in [-0.15, -0.1) is 0 Å². The minimum Gasteiger partial charge on any atom is -0.312 e. The summed E-state index contributed by atoms with van der Waals surface area (Å²) in [7, 11) is 0. The number of carbonyl (C=O) groups is 4. The summed E-state index contributed by atoms with van der Waals surface area (Å²) in [6.45, 7) is 1.36. The second-order valence-corrected chi connectivity index (χ2v) is 11.2. The zero-order chi connectivity index (χ0) is 26.8. The molecule has 2 atom stereocenters. The van der Waals surface area contributed by atoms with Crippen LogP contribution in [0.2, 0.25) is 5.02 Å².